The molecule has 0 aromatic carbocycles. The fourth-order valence-corrected chi connectivity index (χ4v) is 3.10. The van der Waals surface area contributed by atoms with Crippen molar-refractivity contribution in [2.45, 2.75) is 52.1 Å². The second-order valence-electron chi connectivity index (χ2n) is 7.56. The van der Waals surface area contributed by atoms with Gasteiger partial charge in [0.2, 0.25) is 0 Å². The summed E-state index contributed by atoms with van der Waals surface area (Å²) < 4.78 is 11.7. The number of hydrogen-bond donors (Lipinski definition) is 0. The smallest absolute Gasteiger partial charge is 0.192 e. The van der Waals surface area contributed by atoms with Crippen LogP contribution in [0.1, 0.15) is 32.2 Å². The van der Waals surface area contributed by atoms with E-state index in [9.17, 15) is 0 Å². The van der Waals surface area contributed by atoms with Crippen molar-refractivity contribution in [3.63, 3.8) is 0 Å². The van der Waals surface area contributed by atoms with E-state index in [2.05, 4.69) is 57.0 Å². The second-order valence-corrected chi connectivity index (χ2v) is 12.4. The van der Waals surface area contributed by atoms with Crippen molar-refractivity contribution in [2.75, 3.05) is 26.3 Å². The molecule has 1 aliphatic rings. The van der Waals surface area contributed by atoms with E-state index in [1.807, 2.05) is 0 Å². The second kappa shape index (κ2) is 7.21. The molecule has 0 N–H and O–H groups in total. The van der Waals surface area contributed by atoms with E-state index in [-0.39, 0.29) is 5.04 Å². The van der Waals surface area contributed by atoms with Gasteiger partial charge in [-0.3, -0.25) is 9.88 Å². The van der Waals surface area contributed by atoms with Gasteiger partial charge in [0.1, 0.15) is 0 Å². The van der Waals surface area contributed by atoms with Gasteiger partial charge in [-0.15, -0.1) is 0 Å². The van der Waals surface area contributed by atoms with Crippen LogP contribution in [0.5, 0.6) is 0 Å². The Balaban J connectivity index is 1.93. The lowest BCUT2D eigenvalue weighted by Crippen LogP contribution is -2.40. The molecule has 1 fully saturated rings. The average Bonchev–Trinajstić information content (AvgIpc) is 2.46. The van der Waals surface area contributed by atoms with Crippen LogP contribution in [-0.4, -0.2) is 44.5 Å². The zero-order valence-electron chi connectivity index (χ0n) is 14.7. The van der Waals surface area contributed by atoms with Gasteiger partial charge in [0.05, 0.1) is 31.2 Å². The molecule has 0 spiro atoms. The number of morpholine rings is 1. The first-order valence-corrected chi connectivity index (χ1v) is 11.1. The predicted molar refractivity (Wildman–Crippen MR) is 92.3 cm³/mol. The lowest BCUT2D eigenvalue weighted by atomic mass is 10.2. The standard InChI is InChI=1S/C17H30N2O2Si/c1-17(2,3)22(4,5)21-14-16-8-6-7-15(18-16)13-19-9-11-20-12-10-19/h6-8H,9-14H2,1-5H3. The van der Waals surface area contributed by atoms with E-state index in [0.29, 0.717) is 6.61 Å². The summed E-state index contributed by atoms with van der Waals surface area (Å²) in [6, 6.07) is 6.26. The minimum atomic E-state index is -1.71. The van der Waals surface area contributed by atoms with Crippen LogP contribution in [0, 0.1) is 0 Å². The number of ether oxygens (including phenoxy) is 1. The van der Waals surface area contributed by atoms with Crippen LogP contribution in [0.25, 0.3) is 0 Å². The maximum Gasteiger partial charge on any atom is 0.192 e. The summed E-state index contributed by atoms with van der Waals surface area (Å²) in [5.41, 5.74) is 2.16. The van der Waals surface area contributed by atoms with Crippen LogP contribution in [0.3, 0.4) is 0 Å². The summed E-state index contributed by atoms with van der Waals surface area (Å²) in [7, 11) is -1.71. The average molecular weight is 323 g/mol. The summed E-state index contributed by atoms with van der Waals surface area (Å²) in [6.45, 7) is 16.5. The molecular weight excluding hydrogens is 292 g/mol. The topological polar surface area (TPSA) is 34.6 Å². The van der Waals surface area contributed by atoms with Gasteiger partial charge in [0.25, 0.3) is 0 Å². The molecule has 124 valence electrons. The Morgan fingerprint density at radius 1 is 1.18 bits per heavy atom. The van der Waals surface area contributed by atoms with Crippen molar-refractivity contribution in [1.29, 1.82) is 0 Å². The van der Waals surface area contributed by atoms with E-state index in [1.54, 1.807) is 0 Å². The highest BCUT2D eigenvalue weighted by Crippen LogP contribution is 2.36. The third kappa shape index (κ3) is 4.88. The van der Waals surface area contributed by atoms with Crippen LogP contribution in [0.15, 0.2) is 18.2 Å². The van der Waals surface area contributed by atoms with Crippen LogP contribution in [-0.2, 0) is 22.3 Å². The normalized spacial score (nSPS) is 17.7. The number of aromatic nitrogens is 1. The summed E-state index contributed by atoms with van der Waals surface area (Å²) >= 11 is 0. The summed E-state index contributed by atoms with van der Waals surface area (Å²) in [6.07, 6.45) is 0. The summed E-state index contributed by atoms with van der Waals surface area (Å²) in [4.78, 5) is 7.16. The lowest BCUT2D eigenvalue weighted by molar-refractivity contribution is 0.0336. The van der Waals surface area contributed by atoms with Gasteiger partial charge in [-0.2, -0.15) is 0 Å². The van der Waals surface area contributed by atoms with E-state index in [4.69, 9.17) is 14.1 Å². The fourth-order valence-electron chi connectivity index (χ4n) is 2.16. The molecule has 1 aliphatic heterocycles. The molecular formula is C17H30N2O2Si. The van der Waals surface area contributed by atoms with Gasteiger partial charge in [-0.25, -0.2) is 0 Å². The van der Waals surface area contributed by atoms with Gasteiger partial charge in [0.15, 0.2) is 8.32 Å². The molecule has 22 heavy (non-hydrogen) atoms. The molecule has 1 saturated heterocycles. The number of nitrogens with zero attached hydrogens (tertiary/aromatic N) is 2. The zero-order valence-corrected chi connectivity index (χ0v) is 15.7. The molecule has 1 aromatic heterocycles. The molecule has 0 radical (unpaired) electrons. The zero-order chi connectivity index (χ0) is 16.2. The maximum absolute atomic E-state index is 6.27. The molecule has 0 saturated carbocycles. The van der Waals surface area contributed by atoms with Crippen LogP contribution >= 0.6 is 0 Å². The summed E-state index contributed by atoms with van der Waals surface area (Å²) in [5, 5.41) is 0.235. The minimum absolute atomic E-state index is 0.235. The quantitative estimate of drug-likeness (QED) is 0.778. The third-order valence-electron chi connectivity index (χ3n) is 4.74. The fraction of sp³-hybridized carbons (Fsp3) is 0.706. The number of rotatable bonds is 5. The molecule has 1 aromatic rings. The largest absolute Gasteiger partial charge is 0.411 e. The van der Waals surface area contributed by atoms with Gasteiger partial charge < -0.3 is 9.16 Å². The SMILES string of the molecule is CC(C)(C)[Si](C)(C)OCc1cccc(CN2CCOCC2)n1. The van der Waals surface area contributed by atoms with Crippen molar-refractivity contribution in [3.05, 3.63) is 29.6 Å². The Morgan fingerprint density at radius 2 is 1.82 bits per heavy atom. The predicted octanol–water partition coefficient (Wildman–Crippen LogP) is 3.44. The van der Waals surface area contributed by atoms with E-state index < -0.39 is 8.32 Å². The van der Waals surface area contributed by atoms with Gasteiger partial charge in [0, 0.05) is 19.6 Å². The third-order valence-corrected chi connectivity index (χ3v) is 9.22. The molecule has 0 aliphatic carbocycles. The number of hydrogen-bond acceptors (Lipinski definition) is 4. The number of pyridine rings is 1. The lowest BCUT2D eigenvalue weighted by Gasteiger charge is -2.36. The van der Waals surface area contributed by atoms with E-state index in [1.165, 1.54) is 0 Å². The van der Waals surface area contributed by atoms with Gasteiger partial charge >= 0.3 is 0 Å². The van der Waals surface area contributed by atoms with Crippen molar-refractivity contribution in [2.24, 2.45) is 0 Å². The van der Waals surface area contributed by atoms with Crippen LogP contribution < -0.4 is 0 Å². The van der Waals surface area contributed by atoms with E-state index >= 15 is 0 Å². The van der Waals surface area contributed by atoms with Crippen LogP contribution in [0.2, 0.25) is 18.1 Å². The molecule has 2 heterocycles. The molecule has 2 rings (SSSR count). The highest BCUT2D eigenvalue weighted by molar-refractivity contribution is 6.74. The van der Waals surface area contributed by atoms with Crippen molar-refractivity contribution >= 4 is 8.32 Å². The maximum atomic E-state index is 6.27. The Kier molecular flexibility index (Phi) is 5.77. The van der Waals surface area contributed by atoms with Crippen molar-refractivity contribution in [1.82, 2.24) is 9.88 Å². The Hall–Kier alpha value is -0.753. The Labute approximate surface area is 136 Å². The first-order chi connectivity index (χ1) is 10.3. The Bertz CT molecular complexity index is 480. The first kappa shape index (κ1) is 17.6. The first-order valence-electron chi connectivity index (χ1n) is 8.17. The molecule has 4 nitrogen and oxygen atoms in total. The minimum Gasteiger partial charge on any atom is -0.411 e. The molecule has 0 amide bonds. The molecule has 0 bridgehead atoms. The van der Waals surface area contributed by atoms with Gasteiger partial charge in [-0.1, -0.05) is 26.8 Å². The Morgan fingerprint density at radius 3 is 2.45 bits per heavy atom. The van der Waals surface area contributed by atoms with E-state index in [0.717, 1.165) is 44.2 Å². The van der Waals surface area contributed by atoms with Gasteiger partial charge in [-0.05, 0) is 30.3 Å². The summed E-state index contributed by atoms with van der Waals surface area (Å²) in [5.74, 6) is 0. The molecule has 0 unspecified atom stereocenters. The van der Waals surface area contributed by atoms with Crippen LogP contribution in [0.4, 0.5) is 0 Å². The highest BCUT2D eigenvalue weighted by atomic mass is 28.4. The van der Waals surface area contributed by atoms with Crippen molar-refractivity contribution in [3.8, 4) is 0 Å². The molecule has 0 atom stereocenters. The van der Waals surface area contributed by atoms with Crippen molar-refractivity contribution < 1.29 is 9.16 Å². The molecule has 5 heteroatoms. The highest BCUT2D eigenvalue weighted by Gasteiger charge is 2.37. The monoisotopic (exact) mass is 322 g/mol.